The van der Waals surface area contributed by atoms with E-state index < -0.39 is 11.0 Å². The average Bonchev–Trinajstić information content (AvgIpc) is 2.67. The first-order valence-corrected chi connectivity index (χ1v) is 7.50. The van der Waals surface area contributed by atoms with Crippen molar-refractivity contribution in [2.75, 3.05) is 0 Å². The Kier molecular flexibility index (Phi) is 3.10. The third-order valence-electron chi connectivity index (χ3n) is 5.48. The summed E-state index contributed by atoms with van der Waals surface area (Å²) in [4.78, 5) is 35.7. The monoisotopic (exact) mass is 304 g/mol. The number of carbonyl (C=O) groups excluding carboxylic acids is 3. The molecular formula is C17H20O5. The number of fused-ring (bicyclic) bond motifs is 2. The van der Waals surface area contributed by atoms with Gasteiger partial charge in [-0.15, -0.1) is 0 Å². The van der Waals surface area contributed by atoms with E-state index in [1.54, 1.807) is 6.08 Å². The van der Waals surface area contributed by atoms with E-state index >= 15 is 0 Å². The molecule has 0 N–H and O–H groups in total. The molecular weight excluding hydrogens is 284 g/mol. The minimum absolute atomic E-state index is 0.00543. The molecule has 2 fully saturated rings. The number of esters is 2. The molecule has 0 spiro atoms. The predicted molar refractivity (Wildman–Crippen MR) is 77.7 cm³/mol. The van der Waals surface area contributed by atoms with Crippen molar-refractivity contribution in [3.05, 3.63) is 24.3 Å². The fourth-order valence-corrected chi connectivity index (χ4v) is 4.32. The highest BCUT2D eigenvalue weighted by Gasteiger charge is 2.60. The number of carbonyl (C=O) groups is 3. The summed E-state index contributed by atoms with van der Waals surface area (Å²) in [7, 11) is 0. The molecule has 3 aliphatic rings. The Morgan fingerprint density at radius 2 is 2.09 bits per heavy atom. The molecule has 0 unspecified atom stereocenters. The van der Waals surface area contributed by atoms with Crippen LogP contribution >= 0.6 is 0 Å². The van der Waals surface area contributed by atoms with E-state index in [0.29, 0.717) is 18.4 Å². The van der Waals surface area contributed by atoms with Crippen molar-refractivity contribution in [3.63, 3.8) is 0 Å². The molecule has 2 aliphatic carbocycles. The number of ketones is 1. The molecule has 1 saturated heterocycles. The number of hydrogen-bond acceptors (Lipinski definition) is 5. The van der Waals surface area contributed by atoms with Gasteiger partial charge in [0.25, 0.3) is 0 Å². The SMILES string of the molecule is C=C1C(=O)O[C@@H]2C[C@]3(C)C(=O)C=C[C@@](C)(OC(C)=O)[C@@H]3C[C@H]12. The maximum Gasteiger partial charge on any atom is 0.334 e. The van der Waals surface area contributed by atoms with Crippen molar-refractivity contribution in [1.29, 1.82) is 0 Å². The summed E-state index contributed by atoms with van der Waals surface area (Å²) in [6.45, 7) is 8.87. The van der Waals surface area contributed by atoms with Crippen LogP contribution in [0.1, 0.15) is 33.6 Å². The zero-order chi connectivity index (χ0) is 16.3. The van der Waals surface area contributed by atoms with Crippen molar-refractivity contribution in [1.82, 2.24) is 0 Å². The number of allylic oxidation sites excluding steroid dienone is 1. The molecule has 5 nitrogen and oxygen atoms in total. The smallest absolute Gasteiger partial charge is 0.334 e. The van der Waals surface area contributed by atoms with E-state index in [2.05, 4.69) is 6.58 Å². The first kappa shape index (κ1) is 15.0. The molecule has 5 heteroatoms. The third kappa shape index (κ3) is 1.95. The normalized spacial score (nSPS) is 43.4. The van der Waals surface area contributed by atoms with Gasteiger partial charge in [-0.3, -0.25) is 9.59 Å². The van der Waals surface area contributed by atoms with Gasteiger partial charge in [-0.2, -0.15) is 0 Å². The third-order valence-corrected chi connectivity index (χ3v) is 5.48. The molecule has 0 amide bonds. The lowest BCUT2D eigenvalue weighted by atomic mass is 9.54. The summed E-state index contributed by atoms with van der Waals surface area (Å²) < 4.78 is 10.9. The van der Waals surface area contributed by atoms with Gasteiger partial charge in [-0.1, -0.05) is 13.5 Å². The Balaban J connectivity index is 2.02. The summed E-state index contributed by atoms with van der Waals surface area (Å²) in [6, 6.07) is 0. The van der Waals surface area contributed by atoms with Crippen LogP contribution in [0.3, 0.4) is 0 Å². The molecule has 22 heavy (non-hydrogen) atoms. The fraction of sp³-hybridized carbons (Fsp3) is 0.588. The second kappa shape index (κ2) is 4.54. The minimum atomic E-state index is -0.856. The molecule has 0 radical (unpaired) electrons. The maximum absolute atomic E-state index is 12.5. The summed E-state index contributed by atoms with van der Waals surface area (Å²) in [5.41, 5.74) is -1.10. The van der Waals surface area contributed by atoms with Gasteiger partial charge < -0.3 is 9.47 Å². The number of hydrogen-bond donors (Lipinski definition) is 0. The van der Waals surface area contributed by atoms with Crippen LogP contribution in [0.2, 0.25) is 0 Å². The quantitative estimate of drug-likeness (QED) is 0.547. The predicted octanol–water partition coefficient (Wildman–Crippen LogP) is 1.96. The first-order chi connectivity index (χ1) is 10.2. The van der Waals surface area contributed by atoms with E-state index in [9.17, 15) is 14.4 Å². The first-order valence-electron chi connectivity index (χ1n) is 7.50. The van der Waals surface area contributed by atoms with Crippen LogP contribution in [-0.2, 0) is 23.9 Å². The van der Waals surface area contributed by atoms with Crippen molar-refractivity contribution in [2.24, 2.45) is 17.3 Å². The van der Waals surface area contributed by atoms with Gasteiger partial charge >= 0.3 is 11.9 Å². The van der Waals surface area contributed by atoms with Crippen molar-refractivity contribution in [2.45, 2.75) is 45.3 Å². The lowest BCUT2D eigenvalue weighted by molar-refractivity contribution is -0.173. The Hall–Kier alpha value is -1.91. The molecule has 0 aromatic rings. The van der Waals surface area contributed by atoms with E-state index in [1.807, 2.05) is 13.8 Å². The minimum Gasteiger partial charge on any atom is -0.458 e. The van der Waals surface area contributed by atoms with Gasteiger partial charge in [0, 0.05) is 29.7 Å². The summed E-state index contributed by atoms with van der Waals surface area (Å²) in [5.74, 6) is -1.09. The molecule has 1 aliphatic heterocycles. The van der Waals surface area contributed by atoms with Crippen LogP contribution in [0, 0.1) is 17.3 Å². The molecule has 0 aromatic heterocycles. The molecule has 0 aromatic carbocycles. The number of ether oxygens (including phenoxy) is 2. The van der Waals surface area contributed by atoms with Crippen molar-refractivity contribution < 1.29 is 23.9 Å². The molecule has 1 saturated carbocycles. The summed E-state index contributed by atoms with van der Waals surface area (Å²) >= 11 is 0. The Bertz CT molecular complexity index is 619. The highest BCUT2D eigenvalue weighted by Crippen LogP contribution is 2.56. The van der Waals surface area contributed by atoms with E-state index in [0.717, 1.165) is 0 Å². The van der Waals surface area contributed by atoms with Crippen LogP contribution < -0.4 is 0 Å². The molecule has 0 bridgehead atoms. The van der Waals surface area contributed by atoms with E-state index in [1.165, 1.54) is 13.0 Å². The molecule has 1 heterocycles. The van der Waals surface area contributed by atoms with Crippen LogP contribution in [0.25, 0.3) is 0 Å². The van der Waals surface area contributed by atoms with E-state index in [-0.39, 0.29) is 35.7 Å². The van der Waals surface area contributed by atoms with Gasteiger partial charge in [0.2, 0.25) is 0 Å². The van der Waals surface area contributed by atoms with Gasteiger partial charge in [-0.25, -0.2) is 4.79 Å². The Morgan fingerprint density at radius 3 is 2.73 bits per heavy atom. The summed E-state index contributed by atoms with van der Waals surface area (Å²) in [6.07, 6.45) is 3.84. The maximum atomic E-state index is 12.5. The average molecular weight is 304 g/mol. The van der Waals surface area contributed by atoms with E-state index in [4.69, 9.17) is 9.47 Å². The van der Waals surface area contributed by atoms with Crippen molar-refractivity contribution in [3.8, 4) is 0 Å². The molecule has 118 valence electrons. The van der Waals surface area contributed by atoms with Crippen LogP contribution in [0.15, 0.2) is 24.3 Å². The highest BCUT2D eigenvalue weighted by molar-refractivity contribution is 5.97. The van der Waals surface area contributed by atoms with Crippen LogP contribution in [0.4, 0.5) is 0 Å². The Morgan fingerprint density at radius 1 is 1.41 bits per heavy atom. The highest BCUT2D eigenvalue weighted by atomic mass is 16.6. The van der Waals surface area contributed by atoms with Crippen LogP contribution in [0.5, 0.6) is 0 Å². The largest absolute Gasteiger partial charge is 0.458 e. The topological polar surface area (TPSA) is 69.7 Å². The van der Waals surface area contributed by atoms with Gasteiger partial charge in [-0.05, 0) is 31.9 Å². The van der Waals surface area contributed by atoms with Crippen LogP contribution in [-0.4, -0.2) is 29.4 Å². The standard InChI is InChI=1S/C17H20O5/c1-9-11-7-13-16(3,8-12(11)21-15(9)20)14(19)5-6-17(13,4)22-10(2)18/h5-6,11-13H,1,7-8H2,2-4H3/t11-,12-,13-,16+,17-/m1/s1. The summed E-state index contributed by atoms with van der Waals surface area (Å²) in [5, 5.41) is 0. The lowest BCUT2D eigenvalue weighted by Crippen LogP contribution is -2.57. The van der Waals surface area contributed by atoms with Gasteiger partial charge in [0.1, 0.15) is 11.7 Å². The number of rotatable bonds is 1. The molecule has 5 atom stereocenters. The second-order valence-corrected chi connectivity index (χ2v) is 6.96. The second-order valence-electron chi connectivity index (χ2n) is 6.96. The molecule has 3 rings (SSSR count). The van der Waals surface area contributed by atoms with Crippen molar-refractivity contribution >= 4 is 17.7 Å². The zero-order valence-corrected chi connectivity index (χ0v) is 13.0. The fourth-order valence-electron chi connectivity index (χ4n) is 4.32. The Labute approximate surface area is 129 Å². The lowest BCUT2D eigenvalue weighted by Gasteiger charge is -2.52. The van der Waals surface area contributed by atoms with Gasteiger partial charge in [0.05, 0.1) is 0 Å². The van der Waals surface area contributed by atoms with Gasteiger partial charge in [0.15, 0.2) is 5.78 Å². The zero-order valence-electron chi connectivity index (χ0n) is 13.0.